The molecule has 1 N–H and O–H groups in total. The zero-order valence-corrected chi connectivity index (χ0v) is 26.5. The highest BCUT2D eigenvalue weighted by molar-refractivity contribution is 6.72. The maximum absolute atomic E-state index is 16.2. The summed E-state index contributed by atoms with van der Waals surface area (Å²) in [6, 6.07) is 20.5. The molecule has 8 nitrogen and oxygen atoms in total. The van der Waals surface area contributed by atoms with Gasteiger partial charge < -0.3 is 28.3 Å². The van der Waals surface area contributed by atoms with E-state index in [9.17, 15) is 14.7 Å². The first-order valence-corrected chi connectivity index (χ1v) is 18.1. The summed E-state index contributed by atoms with van der Waals surface area (Å²) in [5, 5.41) is 10.2. The fourth-order valence-electron chi connectivity index (χ4n) is 6.99. The maximum Gasteiger partial charge on any atom is 0.269 e. The van der Waals surface area contributed by atoms with Crippen molar-refractivity contribution in [3.8, 4) is 11.5 Å². The van der Waals surface area contributed by atoms with Crippen LogP contribution < -0.4 is 14.4 Å². The van der Waals surface area contributed by atoms with Gasteiger partial charge in [-0.1, -0.05) is 43.3 Å². The summed E-state index contributed by atoms with van der Waals surface area (Å²) in [6.07, 6.45) is -0.514. The Kier molecular flexibility index (Phi) is 8.25. The summed E-state index contributed by atoms with van der Waals surface area (Å²) in [5.41, 5.74) is 3.60. The number of rotatable bonds is 7. The quantitative estimate of drug-likeness (QED) is 0.270. The van der Waals surface area contributed by atoms with Crippen molar-refractivity contribution in [2.45, 2.75) is 63.2 Å². The summed E-state index contributed by atoms with van der Waals surface area (Å²) >= 11 is 0. The molecule has 3 aliphatic heterocycles. The van der Waals surface area contributed by atoms with Gasteiger partial charge in [-0.3, -0.25) is 14.5 Å². The molecule has 3 aromatic carbocycles. The molecule has 0 saturated carbocycles. The summed E-state index contributed by atoms with van der Waals surface area (Å²) < 4.78 is 34.4. The Bertz CT molecular complexity index is 1560. The van der Waals surface area contributed by atoms with Gasteiger partial charge in [-0.15, -0.1) is 0 Å². The minimum Gasteiger partial charge on any atom is -0.490 e. The standard InChI is InChI=1S/C34H39FN2O6Si/c1-21-33(41-2)26-16-24(37-27-11-7-8-12-29(27)42-20-32(37)40)13-14-28(26)43-34(21)30(44(3,4)35)17-31(39)36-18-23-10-6-5-9-22(23)15-25(36)19-38/h5-14,16,21,25,30,33-34,38H,15,17-20H2,1-4H3/t21-,25+,30?,33-,34-/m1/s1. The number of halogens is 1. The summed E-state index contributed by atoms with van der Waals surface area (Å²) in [7, 11) is -1.84. The lowest BCUT2D eigenvalue weighted by Gasteiger charge is -2.44. The number of methoxy groups -OCH3 is 1. The van der Waals surface area contributed by atoms with E-state index >= 15 is 4.11 Å². The lowest BCUT2D eigenvalue weighted by Crippen LogP contribution is -2.50. The van der Waals surface area contributed by atoms with Crippen LogP contribution in [0.3, 0.4) is 0 Å². The zero-order chi connectivity index (χ0) is 31.2. The van der Waals surface area contributed by atoms with Crippen LogP contribution in [-0.4, -0.2) is 62.7 Å². The normalized spacial score (nSPS) is 23.5. The van der Waals surface area contributed by atoms with Crippen LogP contribution in [-0.2, 0) is 27.3 Å². The molecule has 2 amide bonds. The molecule has 0 aliphatic carbocycles. The van der Waals surface area contributed by atoms with Gasteiger partial charge in [0.25, 0.3) is 5.91 Å². The Labute approximate surface area is 258 Å². The maximum atomic E-state index is 16.2. The molecule has 0 saturated heterocycles. The number of benzene rings is 3. The molecule has 0 spiro atoms. The molecule has 6 rings (SSSR count). The third-order valence-corrected chi connectivity index (χ3v) is 11.6. The molecule has 1 unspecified atom stereocenters. The average Bonchev–Trinajstić information content (AvgIpc) is 3.02. The van der Waals surface area contributed by atoms with Crippen LogP contribution in [0.5, 0.6) is 11.5 Å². The van der Waals surface area contributed by atoms with Crippen molar-refractivity contribution in [1.29, 1.82) is 0 Å². The zero-order valence-electron chi connectivity index (χ0n) is 25.5. The molecular formula is C34H39FN2O6Si. The Balaban J connectivity index is 1.29. The van der Waals surface area contributed by atoms with Gasteiger partial charge in [-0.2, -0.15) is 0 Å². The van der Waals surface area contributed by atoms with Gasteiger partial charge >= 0.3 is 0 Å². The van der Waals surface area contributed by atoms with Crippen molar-refractivity contribution < 1.29 is 33.0 Å². The van der Waals surface area contributed by atoms with Crippen LogP contribution in [0.2, 0.25) is 18.6 Å². The molecule has 232 valence electrons. The van der Waals surface area contributed by atoms with Gasteiger partial charge in [0.1, 0.15) is 17.6 Å². The lowest BCUT2D eigenvalue weighted by molar-refractivity contribution is -0.136. The fourth-order valence-corrected chi connectivity index (χ4v) is 8.80. The average molecular weight is 619 g/mol. The minimum atomic E-state index is -3.45. The predicted molar refractivity (Wildman–Crippen MR) is 167 cm³/mol. The van der Waals surface area contributed by atoms with Crippen molar-refractivity contribution in [3.05, 3.63) is 83.4 Å². The summed E-state index contributed by atoms with van der Waals surface area (Å²) in [5.74, 6) is 0.517. The number of anilines is 2. The Morgan fingerprint density at radius 1 is 1.09 bits per heavy atom. The molecule has 5 atom stereocenters. The van der Waals surface area contributed by atoms with Gasteiger partial charge in [0, 0.05) is 42.8 Å². The number of aliphatic hydroxyl groups is 1. The Morgan fingerprint density at radius 2 is 1.82 bits per heavy atom. The van der Waals surface area contributed by atoms with E-state index in [0.717, 1.165) is 16.7 Å². The van der Waals surface area contributed by atoms with Crippen molar-refractivity contribution in [1.82, 2.24) is 4.90 Å². The fraction of sp³-hybridized carbons (Fsp3) is 0.412. The third-order valence-electron chi connectivity index (χ3n) is 9.34. The number of ether oxygens (including phenoxy) is 3. The highest BCUT2D eigenvalue weighted by Crippen LogP contribution is 2.49. The van der Waals surface area contributed by atoms with E-state index in [4.69, 9.17) is 14.2 Å². The SMILES string of the molecule is CO[C@H]1c2cc(N3C(=O)COc4ccccc43)ccc2O[C@@H](C(CC(=O)N2Cc3ccccc3C[C@H]2CO)[Si](C)(C)F)[C@@H]1C. The van der Waals surface area contributed by atoms with Crippen LogP contribution >= 0.6 is 0 Å². The highest BCUT2D eigenvalue weighted by atomic mass is 28.4. The number of aliphatic hydroxyl groups excluding tert-OH is 1. The van der Waals surface area contributed by atoms with E-state index in [2.05, 4.69) is 0 Å². The molecule has 0 bridgehead atoms. The molecule has 3 heterocycles. The molecule has 0 aromatic heterocycles. The number of nitrogens with zero attached hydrogens (tertiary/aromatic N) is 2. The molecule has 3 aromatic rings. The van der Waals surface area contributed by atoms with E-state index in [1.165, 1.54) is 0 Å². The first kappa shape index (κ1) is 30.3. The van der Waals surface area contributed by atoms with E-state index in [1.54, 1.807) is 36.1 Å². The Hall–Kier alpha value is -3.73. The smallest absolute Gasteiger partial charge is 0.269 e. The van der Waals surface area contributed by atoms with E-state index in [-0.39, 0.29) is 43.4 Å². The van der Waals surface area contributed by atoms with Crippen molar-refractivity contribution in [2.75, 3.05) is 25.2 Å². The monoisotopic (exact) mass is 618 g/mol. The number of hydrogen-bond acceptors (Lipinski definition) is 6. The van der Waals surface area contributed by atoms with E-state index in [0.29, 0.717) is 35.8 Å². The van der Waals surface area contributed by atoms with Crippen LogP contribution in [0.4, 0.5) is 15.5 Å². The number of hydrogen-bond donors (Lipinski definition) is 1. The van der Waals surface area contributed by atoms with Crippen molar-refractivity contribution in [3.63, 3.8) is 0 Å². The summed E-state index contributed by atoms with van der Waals surface area (Å²) in [6.45, 7) is 5.38. The van der Waals surface area contributed by atoms with Crippen LogP contribution in [0.15, 0.2) is 66.7 Å². The van der Waals surface area contributed by atoms with Crippen LogP contribution in [0.1, 0.15) is 36.1 Å². The molecular weight excluding hydrogens is 579 g/mol. The second kappa shape index (κ2) is 12.0. The van der Waals surface area contributed by atoms with Gasteiger partial charge in [0.15, 0.2) is 6.61 Å². The van der Waals surface area contributed by atoms with Crippen molar-refractivity contribution >= 4 is 31.6 Å². The molecule has 3 aliphatic rings. The first-order chi connectivity index (χ1) is 21.1. The van der Waals surface area contributed by atoms with Gasteiger partial charge in [0.2, 0.25) is 14.3 Å². The summed E-state index contributed by atoms with van der Waals surface area (Å²) in [4.78, 5) is 30.2. The Morgan fingerprint density at radius 3 is 2.55 bits per heavy atom. The van der Waals surface area contributed by atoms with E-state index < -0.39 is 26.2 Å². The number of amides is 2. The second-order valence-corrected chi connectivity index (χ2v) is 16.4. The number of carbonyl (C=O) groups excluding carboxylic acids is 2. The van der Waals surface area contributed by atoms with Gasteiger partial charge in [-0.05, 0) is 61.0 Å². The highest BCUT2D eigenvalue weighted by Gasteiger charge is 2.49. The van der Waals surface area contributed by atoms with Crippen LogP contribution in [0, 0.1) is 5.92 Å². The van der Waals surface area contributed by atoms with Crippen LogP contribution in [0.25, 0.3) is 0 Å². The molecule has 44 heavy (non-hydrogen) atoms. The second-order valence-electron chi connectivity index (χ2n) is 12.5. The molecule has 10 heteroatoms. The third kappa shape index (κ3) is 5.50. The lowest BCUT2D eigenvalue weighted by atomic mass is 9.86. The number of para-hydroxylation sites is 2. The topological polar surface area (TPSA) is 88.5 Å². The predicted octanol–water partition coefficient (Wildman–Crippen LogP) is 5.71. The largest absolute Gasteiger partial charge is 0.490 e. The minimum absolute atomic E-state index is 0.0215. The number of fused-ring (bicyclic) bond motifs is 3. The first-order valence-electron chi connectivity index (χ1n) is 15.1. The molecule has 0 fully saturated rings. The molecule has 0 radical (unpaired) electrons. The van der Waals surface area contributed by atoms with Crippen molar-refractivity contribution in [2.24, 2.45) is 5.92 Å². The van der Waals surface area contributed by atoms with Gasteiger partial charge in [0.05, 0.1) is 24.4 Å². The van der Waals surface area contributed by atoms with E-state index in [1.807, 2.05) is 67.6 Å². The number of carbonyl (C=O) groups is 2. The van der Waals surface area contributed by atoms with Gasteiger partial charge in [-0.25, -0.2) is 0 Å².